The van der Waals surface area contributed by atoms with Crippen molar-refractivity contribution in [3.05, 3.63) is 11.9 Å². The second kappa shape index (κ2) is 5.90. The molecule has 22 heavy (non-hydrogen) atoms. The molecule has 1 atom stereocenters. The van der Waals surface area contributed by atoms with Gasteiger partial charge in [0.1, 0.15) is 0 Å². The summed E-state index contributed by atoms with van der Waals surface area (Å²) >= 11 is 0. The summed E-state index contributed by atoms with van der Waals surface area (Å²) in [5.41, 5.74) is 0.547. The normalized spacial score (nSPS) is 15.4. The molecular weight excluding hydrogens is 332 g/mol. The van der Waals surface area contributed by atoms with E-state index >= 15 is 0 Å². The first-order chi connectivity index (χ1) is 9.61. The van der Waals surface area contributed by atoms with Gasteiger partial charge in [-0.3, -0.25) is 0 Å². The minimum Gasteiger partial charge on any atom is -0.387 e. The molecule has 0 saturated heterocycles. The van der Waals surface area contributed by atoms with Crippen molar-refractivity contribution in [3.8, 4) is 0 Å². The molecule has 0 radical (unpaired) electrons. The van der Waals surface area contributed by atoms with Crippen molar-refractivity contribution in [1.82, 2.24) is 8.28 Å². The van der Waals surface area contributed by atoms with Crippen LogP contribution in [0.1, 0.15) is 18.7 Å². The molecule has 1 heterocycles. The van der Waals surface area contributed by atoms with Gasteiger partial charge in [0.25, 0.3) is 0 Å². The highest BCUT2D eigenvalue weighted by molar-refractivity contribution is 7.87. The maximum absolute atomic E-state index is 12.7. The Kier molecular flexibility index (Phi) is 5.26. The highest BCUT2D eigenvalue weighted by Gasteiger charge is 2.37. The van der Waals surface area contributed by atoms with Crippen molar-refractivity contribution in [2.75, 3.05) is 14.1 Å². The molecule has 0 spiro atoms. The largest absolute Gasteiger partial charge is 0.387 e. The highest BCUT2D eigenvalue weighted by Crippen LogP contribution is 2.20. The standard InChI is InChI=1S/C14H30N2O3SSi2/c1-11(17)13-14(22(7,8)9)12(21(4,5)6)10-16(13)20(18,19)15(2)3/h10-11,17H,1-9H3. The van der Waals surface area contributed by atoms with Gasteiger partial charge in [-0.25, -0.2) is 3.97 Å². The Labute approximate surface area is 137 Å². The third-order valence-corrected chi connectivity index (χ3v) is 9.67. The monoisotopic (exact) mass is 362 g/mol. The van der Waals surface area contributed by atoms with Crippen LogP contribution < -0.4 is 10.4 Å². The van der Waals surface area contributed by atoms with E-state index in [1.807, 2.05) is 0 Å². The number of rotatable bonds is 5. The molecule has 0 aliphatic carbocycles. The Morgan fingerprint density at radius 3 is 1.82 bits per heavy atom. The van der Waals surface area contributed by atoms with Crippen molar-refractivity contribution in [2.45, 2.75) is 52.3 Å². The van der Waals surface area contributed by atoms with Crippen LogP contribution in [0.25, 0.3) is 0 Å². The van der Waals surface area contributed by atoms with Crippen LogP contribution >= 0.6 is 0 Å². The predicted molar refractivity (Wildman–Crippen MR) is 99.0 cm³/mol. The molecule has 0 bridgehead atoms. The van der Waals surface area contributed by atoms with Gasteiger partial charge in [0.2, 0.25) is 0 Å². The van der Waals surface area contributed by atoms with Gasteiger partial charge >= 0.3 is 10.2 Å². The number of hydrogen-bond donors (Lipinski definition) is 1. The topological polar surface area (TPSA) is 62.5 Å². The van der Waals surface area contributed by atoms with E-state index in [0.29, 0.717) is 5.69 Å². The smallest absolute Gasteiger partial charge is 0.307 e. The van der Waals surface area contributed by atoms with Gasteiger partial charge in [-0.05, 0) is 17.3 Å². The fourth-order valence-corrected chi connectivity index (χ4v) is 9.49. The van der Waals surface area contributed by atoms with Gasteiger partial charge in [0.05, 0.1) is 27.9 Å². The van der Waals surface area contributed by atoms with Gasteiger partial charge in [0, 0.05) is 20.3 Å². The van der Waals surface area contributed by atoms with Gasteiger partial charge in [0.15, 0.2) is 0 Å². The molecule has 0 fully saturated rings. The van der Waals surface area contributed by atoms with Crippen molar-refractivity contribution >= 4 is 36.7 Å². The minimum absolute atomic E-state index is 0.547. The molecule has 1 N–H and O–H groups in total. The van der Waals surface area contributed by atoms with Gasteiger partial charge in [-0.15, -0.1) is 0 Å². The van der Waals surface area contributed by atoms with Crippen LogP contribution in [0.4, 0.5) is 0 Å². The Hall–Kier alpha value is -0.416. The molecule has 0 aliphatic rings. The lowest BCUT2D eigenvalue weighted by atomic mass is 10.3. The average Bonchev–Trinajstić information content (AvgIpc) is 2.68. The third kappa shape index (κ3) is 3.56. The summed E-state index contributed by atoms with van der Waals surface area (Å²) in [6.45, 7) is 14.9. The Morgan fingerprint density at radius 1 is 1.09 bits per heavy atom. The van der Waals surface area contributed by atoms with Crippen molar-refractivity contribution in [2.24, 2.45) is 0 Å². The van der Waals surface area contributed by atoms with E-state index in [1.165, 1.54) is 22.4 Å². The molecule has 8 heteroatoms. The van der Waals surface area contributed by atoms with Crippen LogP contribution in [-0.2, 0) is 10.2 Å². The summed E-state index contributed by atoms with van der Waals surface area (Å²) in [5.74, 6) is 0. The van der Waals surface area contributed by atoms with E-state index in [-0.39, 0.29) is 0 Å². The quantitative estimate of drug-likeness (QED) is 0.803. The van der Waals surface area contributed by atoms with Crippen LogP contribution in [-0.4, -0.2) is 52.0 Å². The van der Waals surface area contributed by atoms with Crippen LogP contribution in [0.2, 0.25) is 39.3 Å². The molecule has 1 unspecified atom stereocenters. The zero-order chi connectivity index (χ0) is 17.7. The summed E-state index contributed by atoms with van der Waals surface area (Å²) in [6, 6.07) is 0. The van der Waals surface area contributed by atoms with Crippen LogP contribution in [0.5, 0.6) is 0 Å². The molecule has 0 saturated carbocycles. The fourth-order valence-electron chi connectivity index (χ4n) is 2.62. The van der Waals surface area contributed by atoms with E-state index in [0.717, 1.165) is 10.4 Å². The van der Waals surface area contributed by atoms with Crippen LogP contribution in [0.3, 0.4) is 0 Å². The number of nitrogens with zero attached hydrogens (tertiary/aromatic N) is 2. The Morgan fingerprint density at radius 2 is 1.55 bits per heavy atom. The molecule has 0 aromatic carbocycles. The number of aliphatic hydroxyl groups excluding tert-OH is 1. The molecule has 1 aromatic rings. The zero-order valence-corrected chi connectivity index (χ0v) is 18.0. The molecule has 5 nitrogen and oxygen atoms in total. The highest BCUT2D eigenvalue weighted by atomic mass is 32.2. The average molecular weight is 363 g/mol. The Bertz CT molecular complexity index is 651. The first-order valence-electron chi connectivity index (χ1n) is 7.49. The lowest BCUT2D eigenvalue weighted by molar-refractivity contribution is 0.194. The predicted octanol–water partition coefficient (Wildman–Crippen LogP) is 1.29. The van der Waals surface area contributed by atoms with Gasteiger partial charge < -0.3 is 5.11 Å². The van der Waals surface area contributed by atoms with E-state index < -0.39 is 32.5 Å². The molecule has 128 valence electrons. The molecule has 1 rings (SSSR count). The molecule has 0 amide bonds. The number of aromatic nitrogens is 1. The molecule has 1 aromatic heterocycles. The summed E-state index contributed by atoms with van der Waals surface area (Å²) < 4.78 is 27.9. The summed E-state index contributed by atoms with van der Waals surface area (Å²) in [7, 11) is -4.16. The van der Waals surface area contributed by atoms with Crippen molar-refractivity contribution in [1.29, 1.82) is 0 Å². The molecular formula is C14H30N2O3SSi2. The summed E-state index contributed by atoms with van der Waals surface area (Å²) in [6.07, 6.45) is 0.943. The van der Waals surface area contributed by atoms with Crippen molar-refractivity contribution in [3.63, 3.8) is 0 Å². The first-order valence-corrected chi connectivity index (χ1v) is 15.9. The minimum atomic E-state index is -3.64. The molecule has 0 aliphatic heterocycles. The maximum atomic E-state index is 12.7. The summed E-state index contributed by atoms with van der Waals surface area (Å²) in [5, 5.41) is 12.6. The van der Waals surface area contributed by atoms with E-state index in [4.69, 9.17) is 0 Å². The first kappa shape index (κ1) is 19.6. The van der Waals surface area contributed by atoms with Gasteiger partial charge in [-0.1, -0.05) is 39.3 Å². The SMILES string of the molecule is CC(O)c1c([Si](C)(C)C)c([Si](C)(C)C)cn1S(=O)(=O)N(C)C. The van der Waals surface area contributed by atoms with E-state index in [2.05, 4.69) is 39.3 Å². The lowest BCUT2D eigenvalue weighted by Crippen LogP contribution is -2.56. The third-order valence-electron chi connectivity index (χ3n) is 3.67. The van der Waals surface area contributed by atoms with E-state index in [9.17, 15) is 13.5 Å². The second-order valence-corrected chi connectivity index (χ2v) is 20.1. The maximum Gasteiger partial charge on any atom is 0.307 e. The fraction of sp³-hybridized carbons (Fsp3) is 0.714. The van der Waals surface area contributed by atoms with Gasteiger partial charge in [-0.2, -0.15) is 12.7 Å². The van der Waals surface area contributed by atoms with E-state index in [1.54, 1.807) is 13.1 Å². The van der Waals surface area contributed by atoms with Crippen LogP contribution in [0.15, 0.2) is 6.20 Å². The number of aliphatic hydroxyl groups is 1. The zero-order valence-electron chi connectivity index (χ0n) is 15.2. The Balaban J connectivity index is 3.95. The number of hydrogen-bond acceptors (Lipinski definition) is 3. The lowest BCUT2D eigenvalue weighted by Gasteiger charge is -2.26. The van der Waals surface area contributed by atoms with Crippen molar-refractivity contribution < 1.29 is 13.5 Å². The second-order valence-electron chi connectivity index (χ2n) is 8.06. The summed E-state index contributed by atoms with van der Waals surface area (Å²) in [4.78, 5) is 0. The van der Waals surface area contributed by atoms with Crippen LogP contribution in [0, 0.1) is 0 Å².